The Morgan fingerprint density at radius 3 is 2.68 bits per heavy atom. The molecule has 1 aliphatic rings. The van der Waals surface area contributed by atoms with E-state index in [4.69, 9.17) is 10.5 Å². The third-order valence-corrected chi connectivity index (χ3v) is 5.97. The largest absolute Gasteiger partial charge is 0.495 e. The van der Waals surface area contributed by atoms with Crippen molar-refractivity contribution in [3.63, 3.8) is 0 Å². The van der Waals surface area contributed by atoms with Crippen LogP contribution in [-0.4, -0.2) is 32.1 Å². The number of hydrogen-bond acceptors (Lipinski definition) is 4. The number of methoxy groups -OCH3 is 1. The minimum absolute atomic E-state index is 0.192. The summed E-state index contributed by atoms with van der Waals surface area (Å²) in [6.45, 7) is 2.63. The van der Waals surface area contributed by atoms with Gasteiger partial charge >= 0.3 is 0 Å². The molecule has 0 unspecified atom stereocenters. The molecule has 0 atom stereocenters. The SMILES string of the molecule is COc1cc(C=C2CCCn3c2nc(C(N)=O)c3-c2ccc(F)cc2)ccc1-n1cnc(C)c1. The zero-order valence-electron chi connectivity index (χ0n) is 19.0. The van der Waals surface area contributed by atoms with Crippen LogP contribution < -0.4 is 10.5 Å². The number of ether oxygens (including phenoxy) is 1. The van der Waals surface area contributed by atoms with Crippen LogP contribution in [0.1, 0.15) is 40.4 Å². The molecule has 0 saturated carbocycles. The molecule has 8 heteroatoms. The number of nitrogens with zero attached hydrogens (tertiary/aromatic N) is 4. The monoisotopic (exact) mass is 457 g/mol. The number of aromatic nitrogens is 4. The molecule has 34 heavy (non-hydrogen) atoms. The van der Waals surface area contributed by atoms with Crippen LogP contribution >= 0.6 is 0 Å². The van der Waals surface area contributed by atoms with Crippen LogP contribution in [0.2, 0.25) is 0 Å². The van der Waals surface area contributed by atoms with Crippen LogP contribution in [-0.2, 0) is 6.54 Å². The van der Waals surface area contributed by atoms with E-state index in [0.717, 1.165) is 41.1 Å². The highest BCUT2D eigenvalue weighted by atomic mass is 19.1. The van der Waals surface area contributed by atoms with Gasteiger partial charge in [-0.05, 0) is 73.4 Å². The van der Waals surface area contributed by atoms with E-state index >= 15 is 0 Å². The number of primary amides is 1. The van der Waals surface area contributed by atoms with Gasteiger partial charge in [-0.15, -0.1) is 0 Å². The number of allylic oxidation sites excluding steroid dienone is 1. The van der Waals surface area contributed by atoms with Crippen molar-refractivity contribution in [1.29, 1.82) is 0 Å². The van der Waals surface area contributed by atoms with E-state index in [1.165, 1.54) is 12.1 Å². The summed E-state index contributed by atoms with van der Waals surface area (Å²) in [4.78, 5) is 21.1. The number of rotatable bonds is 5. The number of aryl methyl sites for hydroxylation is 1. The second-order valence-corrected chi connectivity index (χ2v) is 8.28. The fourth-order valence-electron chi connectivity index (χ4n) is 4.42. The number of imidazole rings is 2. The Kier molecular flexibility index (Phi) is 5.49. The molecule has 0 fully saturated rings. The van der Waals surface area contributed by atoms with Crippen LogP contribution in [0.15, 0.2) is 55.0 Å². The lowest BCUT2D eigenvalue weighted by atomic mass is 10.0. The average Bonchev–Trinajstić information content (AvgIpc) is 3.44. The molecular formula is C26H24FN5O2. The first-order chi connectivity index (χ1) is 16.4. The summed E-state index contributed by atoms with van der Waals surface area (Å²) in [5, 5.41) is 0. The highest BCUT2D eigenvalue weighted by Gasteiger charge is 2.26. The Morgan fingerprint density at radius 2 is 2.00 bits per heavy atom. The summed E-state index contributed by atoms with van der Waals surface area (Å²) in [7, 11) is 1.64. The molecule has 2 N–H and O–H groups in total. The van der Waals surface area contributed by atoms with Gasteiger partial charge in [0.15, 0.2) is 5.69 Å². The third kappa shape index (κ3) is 3.87. The van der Waals surface area contributed by atoms with Crippen molar-refractivity contribution in [2.45, 2.75) is 26.3 Å². The fraction of sp³-hybridized carbons (Fsp3) is 0.192. The van der Waals surface area contributed by atoms with E-state index in [0.29, 0.717) is 23.6 Å². The van der Waals surface area contributed by atoms with E-state index in [-0.39, 0.29) is 11.5 Å². The molecule has 7 nitrogen and oxygen atoms in total. The molecule has 0 aliphatic carbocycles. The topological polar surface area (TPSA) is 88.0 Å². The van der Waals surface area contributed by atoms with E-state index in [1.807, 2.05) is 40.5 Å². The minimum Gasteiger partial charge on any atom is -0.495 e. The Morgan fingerprint density at radius 1 is 1.21 bits per heavy atom. The molecule has 1 amide bonds. The van der Waals surface area contributed by atoms with Crippen molar-refractivity contribution in [3.05, 3.63) is 83.6 Å². The zero-order valence-corrected chi connectivity index (χ0v) is 19.0. The van der Waals surface area contributed by atoms with E-state index in [1.54, 1.807) is 25.6 Å². The molecule has 0 bridgehead atoms. The molecule has 4 aromatic rings. The van der Waals surface area contributed by atoms with Gasteiger partial charge in [-0.2, -0.15) is 0 Å². The van der Waals surface area contributed by atoms with Gasteiger partial charge in [-0.1, -0.05) is 6.07 Å². The zero-order chi connectivity index (χ0) is 23.8. The quantitative estimate of drug-likeness (QED) is 0.474. The Labute approximate surface area is 196 Å². The van der Waals surface area contributed by atoms with Crippen LogP contribution in [0, 0.1) is 12.7 Å². The first kappa shape index (κ1) is 21.6. The molecule has 5 rings (SSSR count). The maximum atomic E-state index is 13.5. The van der Waals surface area contributed by atoms with Gasteiger partial charge in [0, 0.05) is 18.3 Å². The van der Waals surface area contributed by atoms with Crippen molar-refractivity contribution in [3.8, 4) is 22.7 Å². The number of nitrogens with two attached hydrogens (primary N) is 1. The van der Waals surface area contributed by atoms with Gasteiger partial charge < -0.3 is 19.6 Å². The highest BCUT2D eigenvalue weighted by Crippen LogP contribution is 2.35. The predicted molar refractivity (Wildman–Crippen MR) is 128 cm³/mol. The average molecular weight is 458 g/mol. The molecule has 2 aromatic heterocycles. The molecule has 3 heterocycles. The lowest BCUT2D eigenvalue weighted by Crippen LogP contribution is -2.14. The lowest BCUT2D eigenvalue weighted by Gasteiger charge is -2.20. The molecule has 0 spiro atoms. The summed E-state index contributed by atoms with van der Waals surface area (Å²) >= 11 is 0. The van der Waals surface area contributed by atoms with E-state index < -0.39 is 5.91 Å². The van der Waals surface area contributed by atoms with E-state index in [9.17, 15) is 9.18 Å². The summed E-state index contributed by atoms with van der Waals surface area (Å²) < 4.78 is 23.1. The normalized spacial score (nSPS) is 14.3. The molecule has 0 saturated heterocycles. The molecule has 0 radical (unpaired) electrons. The number of fused-ring (bicyclic) bond motifs is 1. The maximum absolute atomic E-state index is 13.5. The summed E-state index contributed by atoms with van der Waals surface area (Å²) in [6, 6.07) is 12.0. The number of benzene rings is 2. The van der Waals surface area contributed by atoms with Crippen LogP contribution in [0.4, 0.5) is 4.39 Å². The number of hydrogen-bond donors (Lipinski definition) is 1. The Balaban J connectivity index is 1.59. The first-order valence-electron chi connectivity index (χ1n) is 11.0. The number of carbonyl (C=O) groups is 1. The van der Waals surface area contributed by atoms with Crippen molar-refractivity contribution >= 4 is 17.6 Å². The third-order valence-electron chi connectivity index (χ3n) is 5.97. The van der Waals surface area contributed by atoms with Gasteiger partial charge in [0.2, 0.25) is 0 Å². The number of carbonyl (C=O) groups excluding carboxylic acids is 1. The predicted octanol–water partition coefficient (Wildman–Crippen LogP) is 4.63. The fourth-order valence-corrected chi connectivity index (χ4v) is 4.42. The molecular weight excluding hydrogens is 433 g/mol. The lowest BCUT2D eigenvalue weighted by molar-refractivity contribution is 0.0996. The maximum Gasteiger partial charge on any atom is 0.269 e. The number of amides is 1. The van der Waals surface area contributed by atoms with Crippen molar-refractivity contribution in [2.24, 2.45) is 5.73 Å². The van der Waals surface area contributed by atoms with Crippen LogP contribution in [0.5, 0.6) is 5.75 Å². The standard InChI is InChI=1S/C26H24FN5O2/c1-16-14-31(15-29-16)21-10-5-17(13-22(21)34-2)12-19-4-3-11-32-24(18-6-8-20(27)9-7-18)23(25(28)33)30-26(19)32/h5-10,12-15H,3-4,11H2,1-2H3,(H2,28,33). The van der Waals surface area contributed by atoms with Gasteiger partial charge in [-0.3, -0.25) is 4.79 Å². The number of halogens is 1. The second kappa shape index (κ2) is 8.62. The first-order valence-corrected chi connectivity index (χ1v) is 11.0. The van der Waals surface area contributed by atoms with Gasteiger partial charge in [0.05, 0.1) is 30.5 Å². The van der Waals surface area contributed by atoms with Crippen molar-refractivity contribution in [1.82, 2.24) is 19.1 Å². The molecule has 2 aromatic carbocycles. The van der Waals surface area contributed by atoms with Crippen molar-refractivity contribution < 1.29 is 13.9 Å². The van der Waals surface area contributed by atoms with Crippen LogP contribution in [0.25, 0.3) is 28.6 Å². The van der Waals surface area contributed by atoms with Gasteiger partial charge in [0.25, 0.3) is 5.91 Å². The summed E-state index contributed by atoms with van der Waals surface area (Å²) in [6.07, 6.45) is 7.44. The molecule has 1 aliphatic heterocycles. The van der Waals surface area contributed by atoms with E-state index in [2.05, 4.69) is 16.0 Å². The van der Waals surface area contributed by atoms with Crippen LogP contribution in [0.3, 0.4) is 0 Å². The molecule has 172 valence electrons. The van der Waals surface area contributed by atoms with Crippen molar-refractivity contribution in [2.75, 3.05) is 7.11 Å². The van der Waals surface area contributed by atoms with Gasteiger partial charge in [-0.25, -0.2) is 14.4 Å². The Hall–Kier alpha value is -4.20. The second-order valence-electron chi connectivity index (χ2n) is 8.28. The van der Waals surface area contributed by atoms with Gasteiger partial charge in [0.1, 0.15) is 17.4 Å². The minimum atomic E-state index is -0.609. The summed E-state index contributed by atoms with van der Waals surface area (Å²) in [5.74, 6) is 0.470. The summed E-state index contributed by atoms with van der Waals surface area (Å²) in [5.41, 5.74) is 11.0. The Bertz CT molecular complexity index is 1420. The smallest absolute Gasteiger partial charge is 0.269 e. The highest BCUT2D eigenvalue weighted by molar-refractivity contribution is 5.98.